The number of rotatable bonds is 3. The monoisotopic (exact) mass is 301 g/mol. The summed E-state index contributed by atoms with van der Waals surface area (Å²) in [6, 6.07) is 7.43. The number of benzene rings is 1. The maximum atomic E-state index is 12.1. The Balaban J connectivity index is 2.13. The molecule has 0 aliphatic carbocycles. The van der Waals surface area contributed by atoms with E-state index in [-0.39, 0.29) is 17.1 Å². The summed E-state index contributed by atoms with van der Waals surface area (Å²) >= 11 is 0. The summed E-state index contributed by atoms with van der Waals surface area (Å²) < 4.78 is 7.35. The lowest BCUT2D eigenvalue weighted by molar-refractivity contribution is -0.586. The van der Waals surface area contributed by atoms with Crippen molar-refractivity contribution >= 4 is 17.1 Å². The summed E-state index contributed by atoms with van der Waals surface area (Å²) in [6.45, 7) is 2.03. The summed E-state index contributed by atoms with van der Waals surface area (Å²) in [7, 11) is 1.60. The Labute approximate surface area is 125 Å². The SMILES string of the molecule is COc1ccc(Cn2c(C)[n+]([O-])c3c(=O)[nH]c(N)nc32)cc1. The van der Waals surface area contributed by atoms with Crippen LogP contribution in [0.4, 0.5) is 5.95 Å². The highest BCUT2D eigenvalue weighted by atomic mass is 16.5. The molecule has 0 fully saturated rings. The van der Waals surface area contributed by atoms with Gasteiger partial charge in [-0.2, -0.15) is 4.98 Å². The van der Waals surface area contributed by atoms with Crippen molar-refractivity contribution in [2.24, 2.45) is 0 Å². The zero-order valence-corrected chi connectivity index (χ0v) is 12.2. The average molecular weight is 301 g/mol. The molecule has 0 bridgehead atoms. The lowest BCUT2D eigenvalue weighted by Gasteiger charge is -2.03. The number of methoxy groups -OCH3 is 1. The van der Waals surface area contributed by atoms with Gasteiger partial charge in [0.15, 0.2) is 0 Å². The van der Waals surface area contributed by atoms with Crippen LogP contribution in [-0.2, 0) is 6.54 Å². The lowest BCUT2D eigenvalue weighted by Crippen LogP contribution is -2.33. The van der Waals surface area contributed by atoms with E-state index in [1.807, 2.05) is 24.3 Å². The third kappa shape index (κ3) is 2.14. The maximum absolute atomic E-state index is 12.1. The molecular formula is C14H15N5O3. The van der Waals surface area contributed by atoms with Crippen molar-refractivity contribution in [2.75, 3.05) is 12.8 Å². The van der Waals surface area contributed by atoms with E-state index in [4.69, 9.17) is 10.5 Å². The van der Waals surface area contributed by atoms with Gasteiger partial charge in [-0.3, -0.25) is 9.78 Å². The van der Waals surface area contributed by atoms with E-state index in [0.717, 1.165) is 11.3 Å². The molecule has 0 aliphatic heterocycles. The van der Waals surface area contributed by atoms with Gasteiger partial charge in [0.2, 0.25) is 5.95 Å². The molecule has 0 amide bonds. The Morgan fingerprint density at radius 2 is 2.09 bits per heavy atom. The minimum absolute atomic E-state index is 0.0217. The van der Waals surface area contributed by atoms with Gasteiger partial charge in [0.1, 0.15) is 12.3 Å². The maximum Gasteiger partial charge on any atom is 0.304 e. The lowest BCUT2D eigenvalue weighted by atomic mass is 10.2. The Bertz CT molecular complexity index is 895. The molecule has 3 rings (SSSR count). The van der Waals surface area contributed by atoms with Crippen molar-refractivity contribution in [3.05, 3.63) is 51.2 Å². The number of nitrogen functional groups attached to an aromatic ring is 1. The third-order valence-electron chi connectivity index (χ3n) is 3.54. The van der Waals surface area contributed by atoms with Crippen LogP contribution >= 0.6 is 0 Å². The molecule has 0 saturated heterocycles. The van der Waals surface area contributed by atoms with Crippen LogP contribution in [0.2, 0.25) is 0 Å². The average Bonchev–Trinajstić information content (AvgIpc) is 2.73. The number of fused-ring (bicyclic) bond motifs is 1. The number of nitrogens with one attached hydrogen (secondary N) is 1. The van der Waals surface area contributed by atoms with Crippen molar-refractivity contribution < 1.29 is 9.47 Å². The third-order valence-corrected chi connectivity index (χ3v) is 3.54. The van der Waals surface area contributed by atoms with Crippen LogP contribution in [0.3, 0.4) is 0 Å². The zero-order valence-electron chi connectivity index (χ0n) is 12.2. The fourth-order valence-electron chi connectivity index (χ4n) is 2.37. The van der Waals surface area contributed by atoms with Crippen molar-refractivity contribution in [3.63, 3.8) is 0 Å². The summed E-state index contributed by atoms with van der Waals surface area (Å²) in [5.41, 5.74) is 6.20. The highest BCUT2D eigenvalue weighted by molar-refractivity contribution is 5.67. The van der Waals surface area contributed by atoms with Gasteiger partial charge in [0, 0.05) is 6.92 Å². The Hall–Kier alpha value is -3.03. The number of anilines is 1. The van der Waals surface area contributed by atoms with E-state index in [1.54, 1.807) is 18.6 Å². The normalized spacial score (nSPS) is 11.0. The minimum Gasteiger partial charge on any atom is -0.710 e. The predicted octanol–water partition coefficient (Wildman–Crippen LogP) is 0.306. The van der Waals surface area contributed by atoms with Gasteiger partial charge in [0.05, 0.1) is 7.11 Å². The quantitative estimate of drug-likeness (QED) is 0.534. The molecule has 0 spiro atoms. The molecule has 114 valence electrons. The summed E-state index contributed by atoms with van der Waals surface area (Å²) in [5, 5.41) is 12.1. The molecule has 2 aromatic heterocycles. The number of imidazole rings is 1. The van der Waals surface area contributed by atoms with Gasteiger partial charge in [0.25, 0.3) is 17.0 Å². The number of aromatic nitrogens is 4. The number of nitrogens with two attached hydrogens (primary N) is 1. The van der Waals surface area contributed by atoms with Gasteiger partial charge in [-0.1, -0.05) is 12.1 Å². The number of hydrogen-bond acceptors (Lipinski definition) is 5. The van der Waals surface area contributed by atoms with Crippen LogP contribution in [0, 0.1) is 12.1 Å². The Morgan fingerprint density at radius 3 is 2.73 bits per heavy atom. The number of ether oxygens (including phenoxy) is 1. The van der Waals surface area contributed by atoms with Gasteiger partial charge < -0.3 is 15.7 Å². The van der Waals surface area contributed by atoms with E-state index in [0.29, 0.717) is 17.1 Å². The van der Waals surface area contributed by atoms with Gasteiger partial charge in [-0.25, -0.2) is 9.30 Å². The first kappa shape index (κ1) is 13.9. The van der Waals surface area contributed by atoms with Crippen LogP contribution in [0.15, 0.2) is 29.1 Å². The highest BCUT2D eigenvalue weighted by Crippen LogP contribution is 2.15. The Morgan fingerprint density at radius 1 is 1.41 bits per heavy atom. The molecule has 0 saturated carbocycles. The first-order valence-corrected chi connectivity index (χ1v) is 6.62. The molecule has 8 heteroatoms. The molecule has 1 aromatic carbocycles. The second kappa shape index (κ2) is 5.06. The number of aromatic amines is 1. The standard InChI is InChI=1S/C14H15N5O3/c1-8-18(7-9-3-5-10(22-2)6-4-9)12-11(19(8)21)13(20)17-14(15)16-12/h3-6H,7H2,1-2H3,(H3,15,16,17,20). The molecule has 3 N–H and O–H groups in total. The van der Waals surface area contributed by atoms with Crippen molar-refractivity contribution in [2.45, 2.75) is 13.5 Å². The topological polar surface area (TPSA) is 113 Å². The van der Waals surface area contributed by atoms with E-state index in [2.05, 4.69) is 9.97 Å². The molecule has 22 heavy (non-hydrogen) atoms. The molecule has 0 unspecified atom stereocenters. The summed E-state index contributed by atoms with van der Waals surface area (Å²) in [5.74, 6) is 1.09. The van der Waals surface area contributed by atoms with E-state index in [1.165, 1.54) is 0 Å². The molecule has 0 aliphatic rings. The summed E-state index contributed by atoms with van der Waals surface area (Å²) in [4.78, 5) is 18.3. The van der Waals surface area contributed by atoms with Crippen molar-refractivity contribution in [1.29, 1.82) is 0 Å². The first-order valence-electron chi connectivity index (χ1n) is 6.62. The number of H-pyrrole nitrogens is 1. The van der Waals surface area contributed by atoms with Crippen LogP contribution < -0.4 is 20.8 Å². The van der Waals surface area contributed by atoms with Crippen LogP contribution in [0.1, 0.15) is 11.4 Å². The molecule has 0 radical (unpaired) electrons. The predicted molar refractivity (Wildman–Crippen MR) is 80.6 cm³/mol. The van der Waals surface area contributed by atoms with Crippen molar-refractivity contribution in [3.8, 4) is 5.75 Å². The van der Waals surface area contributed by atoms with E-state index < -0.39 is 5.56 Å². The van der Waals surface area contributed by atoms with Crippen LogP contribution in [0.5, 0.6) is 5.75 Å². The van der Waals surface area contributed by atoms with E-state index >= 15 is 0 Å². The second-order valence-corrected chi connectivity index (χ2v) is 4.90. The molecule has 0 atom stereocenters. The molecule has 2 heterocycles. The van der Waals surface area contributed by atoms with E-state index in [9.17, 15) is 10.0 Å². The van der Waals surface area contributed by atoms with Crippen LogP contribution in [0.25, 0.3) is 11.2 Å². The van der Waals surface area contributed by atoms with Crippen LogP contribution in [-0.4, -0.2) is 21.6 Å². The van der Waals surface area contributed by atoms with Gasteiger partial charge in [-0.05, 0) is 17.7 Å². The molecular weight excluding hydrogens is 286 g/mol. The summed E-state index contributed by atoms with van der Waals surface area (Å²) in [6.07, 6.45) is 0. The minimum atomic E-state index is -0.547. The van der Waals surface area contributed by atoms with Crippen molar-refractivity contribution in [1.82, 2.24) is 14.5 Å². The van der Waals surface area contributed by atoms with Gasteiger partial charge in [-0.15, -0.1) is 0 Å². The zero-order chi connectivity index (χ0) is 15.9. The molecule has 3 aromatic rings. The number of hydrogen-bond donors (Lipinski definition) is 2. The smallest absolute Gasteiger partial charge is 0.304 e. The highest BCUT2D eigenvalue weighted by Gasteiger charge is 2.23. The van der Waals surface area contributed by atoms with Gasteiger partial charge >= 0.3 is 5.56 Å². The Kier molecular flexibility index (Phi) is 3.21. The fourth-order valence-corrected chi connectivity index (χ4v) is 2.37. The second-order valence-electron chi connectivity index (χ2n) is 4.90. The number of nitrogens with zero attached hydrogens (tertiary/aromatic N) is 3. The molecule has 8 nitrogen and oxygen atoms in total. The first-order chi connectivity index (χ1) is 10.5. The fraction of sp³-hybridized carbons (Fsp3) is 0.214. The largest absolute Gasteiger partial charge is 0.710 e.